The minimum absolute atomic E-state index is 0.278. The molecule has 0 radical (unpaired) electrons. The van der Waals surface area contributed by atoms with Gasteiger partial charge in [-0.1, -0.05) is 191 Å². The average Bonchev–Trinajstić information content (AvgIpc) is 3.92. The molecule has 0 bridgehead atoms. The van der Waals surface area contributed by atoms with E-state index in [9.17, 15) is 0 Å². The van der Waals surface area contributed by atoms with Crippen LogP contribution in [0.5, 0.6) is 0 Å². The topological polar surface area (TPSA) is 6.48 Å². The van der Waals surface area contributed by atoms with Crippen LogP contribution >= 0.6 is 0 Å². The minimum Gasteiger partial charge on any atom is -0.310 e. The minimum atomic E-state index is -0.309. The van der Waals surface area contributed by atoms with Crippen molar-refractivity contribution in [3.8, 4) is 22.3 Å². The van der Waals surface area contributed by atoms with Gasteiger partial charge in [0.15, 0.2) is 0 Å². The van der Waals surface area contributed by atoms with E-state index in [-0.39, 0.29) is 10.8 Å². The molecule has 2 aliphatic rings. The number of anilines is 6. The Morgan fingerprint density at radius 2 is 0.662 bits per heavy atom. The van der Waals surface area contributed by atoms with Crippen molar-refractivity contribution in [1.82, 2.24) is 0 Å². The summed E-state index contributed by atoms with van der Waals surface area (Å²) in [5.41, 5.74) is 17.2. The molecule has 2 heteroatoms. The van der Waals surface area contributed by atoms with Gasteiger partial charge in [-0.3, -0.25) is 0 Å². The van der Waals surface area contributed by atoms with Crippen LogP contribution in [0.3, 0.4) is 0 Å². The zero-order valence-electron chi connectivity index (χ0n) is 42.0. The van der Waals surface area contributed by atoms with Gasteiger partial charge in [-0.25, -0.2) is 0 Å². The molecular formula is C72H52N2. The van der Waals surface area contributed by atoms with Crippen molar-refractivity contribution >= 4 is 98.8 Å². The van der Waals surface area contributed by atoms with Crippen LogP contribution in [0.15, 0.2) is 243 Å². The van der Waals surface area contributed by atoms with E-state index in [2.05, 4.69) is 280 Å². The first kappa shape index (κ1) is 42.7. The maximum absolute atomic E-state index is 2.59. The van der Waals surface area contributed by atoms with Crippen molar-refractivity contribution < 1.29 is 0 Å². The fourth-order valence-corrected chi connectivity index (χ4v) is 13.1. The van der Waals surface area contributed by atoms with E-state index in [0.717, 1.165) is 22.7 Å². The third-order valence-electron chi connectivity index (χ3n) is 16.9. The lowest BCUT2D eigenvalue weighted by atomic mass is 9.79. The summed E-state index contributed by atoms with van der Waals surface area (Å²) in [5, 5.41) is 14.8. The Balaban J connectivity index is 0.938. The zero-order valence-corrected chi connectivity index (χ0v) is 42.0. The van der Waals surface area contributed by atoms with Crippen molar-refractivity contribution in [2.75, 3.05) is 9.80 Å². The molecule has 350 valence electrons. The van der Waals surface area contributed by atoms with Crippen LogP contribution < -0.4 is 9.80 Å². The zero-order chi connectivity index (χ0) is 49.5. The molecule has 0 unspecified atom stereocenters. The predicted molar refractivity (Wildman–Crippen MR) is 316 cm³/mol. The van der Waals surface area contributed by atoms with Gasteiger partial charge in [0.1, 0.15) is 0 Å². The lowest BCUT2D eigenvalue weighted by Crippen LogP contribution is -2.18. The fourth-order valence-electron chi connectivity index (χ4n) is 13.1. The molecule has 13 aromatic carbocycles. The Kier molecular flexibility index (Phi) is 9.09. The Bertz CT molecular complexity index is 4510. The number of benzene rings is 13. The second-order valence-corrected chi connectivity index (χ2v) is 21.7. The van der Waals surface area contributed by atoms with Gasteiger partial charge < -0.3 is 9.80 Å². The summed E-state index contributed by atoms with van der Waals surface area (Å²) in [6.45, 7) is 9.78. The van der Waals surface area contributed by atoms with Crippen molar-refractivity contribution in [3.05, 3.63) is 265 Å². The van der Waals surface area contributed by atoms with Crippen molar-refractivity contribution in [3.63, 3.8) is 0 Å². The van der Waals surface area contributed by atoms with Gasteiger partial charge in [0, 0.05) is 44.1 Å². The molecule has 0 heterocycles. The second-order valence-electron chi connectivity index (χ2n) is 21.7. The SMILES string of the molecule is CC1(C)c2cc(N(c3ccc4ccccc4c3)c3cccc4ccccc34)ccc2-c2cc3c(cc21)-c1c(cc(N(c2ccc4ccccc4c2)c2cccc4ccccc24)c2cc4ccccc4cc12)C3(C)C. The van der Waals surface area contributed by atoms with E-state index in [0.29, 0.717) is 0 Å². The molecule has 0 saturated carbocycles. The standard InChI is InChI=1S/C72H52N2/c1-71(2)63-41-55(73(53-33-31-45-17-5-7-21-49(45)37-53)67-29-15-25-47-19-11-13-27-56(47)67)35-36-58(63)59-42-65-62(43-64(59)71)70-61-40-52-24-10-9-23-51(52)39-60(61)69(44-66(70)72(65,3)4)74(54-34-32-46-18-6-8-22-50(46)38-54)68-30-16-26-48-20-12-14-28-57(48)68/h5-44H,1-4H3. The first-order valence-electron chi connectivity index (χ1n) is 26.1. The molecule has 0 amide bonds. The third-order valence-corrected chi connectivity index (χ3v) is 16.9. The highest BCUT2D eigenvalue weighted by Crippen LogP contribution is 2.60. The summed E-state index contributed by atoms with van der Waals surface area (Å²) in [4.78, 5) is 5.02. The van der Waals surface area contributed by atoms with Gasteiger partial charge in [-0.15, -0.1) is 0 Å². The summed E-state index contributed by atoms with van der Waals surface area (Å²) in [6.07, 6.45) is 0. The third kappa shape index (κ3) is 6.24. The van der Waals surface area contributed by atoms with Gasteiger partial charge in [-0.2, -0.15) is 0 Å². The Hall–Kier alpha value is -8.98. The van der Waals surface area contributed by atoms with Gasteiger partial charge in [0.25, 0.3) is 0 Å². The van der Waals surface area contributed by atoms with Crippen LogP contribution in [0.25, 0.3) is 86.9 Å². The molecule has 13 aromatic rings. The fraction of sp³-hybridized carbons (Fsp3) is 0.0833. The molecule has 0 aromatic heterocycles. The Labute approximate surface area is 432 Å². The normalized spacial score (nSPS) is 13.9. The predicted octanol–water partition coefficient (Wildman–Crippen LogP) is 20.2. The number of hydrogen-bond donors (Lipinski definition) is 0. The quantitative estimate of drug-likeness (QED) is 0.153. The van der Waals surface area contributed by atoms with Crippen LogP contribution in [0, 0.1) is 0 Å². The summed E-state index contributed by atoms with van der Waals surface area (Å²) in [6, 6.07) is 91.1. The smallest absolute Gasteiger partial charge is 0.0544 e. The van der Waals surface area contributed by atoms with Crippen molar-refractivity contribution in [2.45, 2.75) is 38.5 Å². The highest BCUT2D eigenvalue weighted by molar-refractivity contribution is 6.16. The van der Waals surface area contributed by atoms with Crippen LogP contribution in [0.4, 0.5) is 34.1 Å². The highest BCUT2D eigenvalue weighted by atomic mass is 15.2. The van der Waals surface area contributed by atoms with Gasteiger partial charge >= 0.3 is 0 Å². The van der Waals surface area contributed by atoms with Gasteiger partial charge in [-0.05, 0) is 172 Å². The van der Waals surface area contributed by atoms with E-state index in [1.165, 1.54) is 121 Å². The Morgan fingerprint density at radius 1 is 0.243 bits per heavy atom. The summed E-state index contributed by atoms with van der Waals surface area (Å²) >= 11 is 0. The Morgan fingerprint density at radius 3 is 1.27 bits per heavy atom. The summed E-state index contributed by atoms with van der Waals surface area (Å²) < 4.78 is 0. The van der Waals surface area contributed by atoms with Crippen LogP contribution in [-0.2, 0) is 10.8 Å². The van der Waals surface area contributed by atoms with Crippen LogP contribution in [-0.4, -0.2) is 0 Å². The van der Waals surface area contributed by atoms with E-state index >= 15 is 0 Å². The first-order chi connectivity index (χ1) is 36.2. The van der Waals surface area contributed by atoms with Crippen LogP contribution in [0.2, 0.25) is 0 Å². The van der Waals surface area contributed by atoms with E-state index < -0.39 is 0 Å². The molecule has 0 spiro atoms. The molecule has 15 rings (SSSR count). The van der Waals surface area contributed by atoms with Crippen molar-refractivity contribution in [1.29, 1.82) is 0 Å². The number of fused-ring (bicyclic) bond motifs is 13. The van der Waals surface area contributed by atoms with Gasteiger partial charge in [0.2, 0.25) is 0 Å². The maximum Gasteiger partial charge on any atom is 0.0544 e. The molecular weight excluding hydrogens is 893 g/mol. The monoisotopic (exact) mass is 944 g/mol. The molecule has 0 aliphatic heterocycles. The largest absolute Gasteiger partial charge is 0.310 e. The number of nitrogens with zero attached hydrogens (tertiary/aromatic N) is 2. The summed E-state index contributed by atoms with van der Waals surface area (Å²) in [5.74, 6) is 0. The average molecular weight is 945 g/mol. The first-order valence-corrected chi connectivity index (χ1v) is 26.1. The number of rotatable bonds is 6. The molecule has 0 fully saturated rings. The maximum atomic E-state index is 2.59. The molecule has 0 N–H and O–H groups in total. The lowest BCUT2D eigenvalue weighted by Gasteiger charge is -2.31. The molecule has 2 nitrogen and oxygen atoms in total. The summed E-state index contributed by atoms with van der Waals surface area (Å²) in [7, 11) is 0. The van der Waals surface area contributed by atoms with E-state index in [1.54, 1.807) is 0 Å². The van der Waals surface area contributed by atoms with Gasteiger partial charge in [0.05, 0.1) is 17.1 Å². The molecule has 74 heavy (non-hydrogen) atoms. The number of hydrogen-bond acceptors (Lipinski definition) is 2. The second kappa shape index (κ2) is 15.8. The molecule has 0 saturated heterocycles. The molecule has 2 aliphatic carbocycles. The molecule has 0 atom stereocenters. The van der Waals surface area contributed by atoms with Crippen molar-refractivity contribution in [2.24, 2.45) is 0 Å². The lowest BCUT2D eigenvalue weighted by molar-refractivity contribution is 0.652. The highest BCUT2D eigenvalue weighted by Gasteiger charge is 2.43. The van der Waals surface area contributed by atoms with Crippen LogP contribution in [0.1, 0.15) is 49.9 Å². The van der Waals surface area contributed by atoms with E-state index in [4.69, 9.17) is 0 Å². The van der Waals surface area contributed by atoms with E-state index in [1.807, 2.05) is 0 Å².